The molecule has 1 unspecified atom stereocenters. The molecule has 11 heteroatoms. The molecular formula is C22H29FN3O6P. The Balaban J connectivity index is 2.05. The lowest BCUT2D eigenvalue weighted by Crippen LogP contribution is -2.28. The maximum atomic E-state index is 14.8. The molecule has 2 amide bonds. The molecular weight excluding hydrogens is 452 g/mol. The van der Waals surface area contributed by atoms with Crippen molar-refractivity contribution in [3.8, 4) is 11.5 Å². The SMILES string of the molecule is NCCCCCCNC(=O)C(F)c1ccc(OP(O)O)c(NC(=O)Cc2ccc(O)cc2)c1. The molecule has 0 bridgehead atoms. The van der Waals surface area contributed by atoms with Crippen LogP contribution >= 0.6 is 8.60 Å². The van der Waals surface area contributed by atoms with Crippen LogP contribution in [0.5, 0.6) is 11.5 Å². The third-order valence-electron chi connectivity index (χ3n) is 4.71. The van der Waals surface area contributed by atoms with Gasteiger partial charge in [0.25, 0.3) is 5.91 Å². The van der Waals surface area contributed by atoms with Gasteiger partial charge in [0.15, 0.2) is 5.75 Å². The van der Waals surface area contributed by atoms with Gasteiger partial charge < -0.3 is 35.8 Å². The summed E-state index contributed by atoms with van der Waals surface area (Å²) in [5.74, 6) is -1.32. The van der Waals surface area contributed by atoms with Crippen molar-refractivity contribution in [2.45, 2.75) is 38.3 Å². The molecule has 0 fully saturated rings. The standard InChI is InChI=1S/C22H29FN3O6P/c23-21(22(29)25-12-4-2-1-3-11-24)16-7-10-19(32-33(30)31)18(14-16)26-20(28)13-15-5-8-17(27)9-6-15/h5-10,14,21,27,30-31H,1-4,11-13,24H2,(H,25,29)(H,26,28). The second kappa shape index (κ2) is 13.7. The van der Waals surface area contributed by atoms with Crippen LogP contribution in [-0.2, 0) is 16.0 Å². The second-order valence-electron chi connectivity index (χ2n) is 7.35. The van der Waals surface area contributed by atoms with E-state index >= 15 is 0 Å². The lowest BCUT2D eigenvalue weighted by Gasteiger charge is -2.16. The normalized spacial score (nSPS) is 11.8. The highest BCUT2D eigenvalue weighted by Gasteiger charge is 2.22. The number of alkyl halides is 1. The smallest absolute Gasteiger partial charge is 0.391 e. The first-order valence-electron chi connectivity index (χ1n) is 10.5. The van der Waals surface area contributed by atoms with Crippen molar-refractivity contribution >= 4 is 26.1 Å². The number of phenolic OH excluding ortho intramolecular Hbond substituents is 1. The molecule has 33 heavy (non-hydrogen) atoms. The number of phenols is 1. The van der Waals surface area contributed by atoms with E-state index in [0.29, 0.717) is 25.1 Å². The number of amides is 2. The Morgan fingerprint density at radius 1 is 1.06 bits per heavy atom. The number of unbranched alkanes of at least 4 members (excludes halogenated alkanes) is 3. The second-order valence-corrected chi connectivity index (χ2v) is 8.04. The Kier molecular flexibility index (Phi) is 11.0. The molecule has 0 aromatic heterocycles. The molecule has 0 radical (unpaired) electrons. The molecule has 0 saturated heterocycles. The lowest BCUT2D eigenvalue weighted by molar-refractivity contribution is -0.126. The number of aromatic hydroxyl groups is 1. The van der Waals surface area contributed by atoms with Gasteiger partial charge in [0.2, 0.25) is 12.1 Å². The summed E-state index contributed by atoms with van der Waals surface area (Å²) in [6, 6.07) is 9.76. The Morgan fingerprint density at radius 3 is 2.42 bits per heavy atom. The number of benzene rings is 2. The zero-order valence-electron chi connectivity index (χ0n) is 18.0. The number of anilines is 1. The number of carbonyl (C=O) groups is 2. The third-order valence-corrected chi connectivity index (χ3v) is 5.07. The van der Waals surface area contributed by atoms with Crippen LogP contribution in [0.15, 0.2) is 42.5 Å². The van der Waals surface area contributed by atoms with Crippen molar-refractivity contribution in [1.29, 1.82) is 0 Å². The molecule has 0 heterocycles. The topological polar surface area (TPSA) is 154 Å². The molecule has 0 saturated carbocycles. The van der Waals surface area contributed by atoms with E-state index in [4.69, 9.17) is 10.3 Å². The number of nitrogens with two attached hydrogens (primary N) is 1. The Bertz CT molecular complexity index is 914. The van der Waals surface area contributed by atoms with Gasteiger partial charge in [-0.2, -0.15) is 0 Å². The molecule has 0 spiro atoms. The summed E-state index contributed by atoms with van der Waals surface area (Å²) < 4.78 is 19.7. The van der Waals surface area contributed by atoms with Gasteiger partial charge in [-0.3, -0.25) is 9.59 Å². The Morgan fingerprint density at radius 2 is 1.76 bits per heavy atom. The quantitative estimate of drug-likeness (QED) is 0.190. The van der Waals surface area contributed by atoms with Gasteiger partial charge >= 0.3 is 8.60 Å². The van der Waals surface area contributed by atoms with Gasteiger partial charge in [-0.25, -0.2) is 4.39 Å². The molecule has 2 aromatic rings. The van der Waals surface area contributed by atoms with Crippen molar-refractivity contribution in [1.82, 2.24) is 5.32 Å². The van der Waals surface area contributed by atoms with Gasteiger partial charge in [0, 0.05) is 6.54 Å². The first-order chi connectivity index (χ1) is 15.8. The molecule has 180 valence electrons. The fourth-order valence-corrected chi connectivity index (χ4v) is 3.37. The molecule has 9 nitrogen and oxygen atoms in total. The van der Waals surface area contributed by atoms with Crippen molar-refractivity contribution in [3.05, 3.63) is 53.6 Å². The fraction of sp³-hybridized carbons (Fsp3) is 0.364. The molecule has 0 aliphatic carbocycles. The molecule has 0 aliphatic rings. The minimum atomic E-state index is -2.78. The number of hydrogen-bond acceptors (Lipinski definition) is 7. The minimum Gasteiger partial charge on any atom is -0.508 e. The van der Waals surface area contributed by atoms with E-state index in [1.807, 2.05) is 0 Å². The average molecular weight is 481 g/mol. The van der Waals surface area contributed by atoms with E-state index in [2.05, 4.69) is 10.6 Å². The highest BCUT2D eigenvalue weighted by molar-refractivity contribution is 7.39. The molecule has 1 atom stereocenters. The van der Waals surface area contributed by atoms with Crippen molar-refractivity contribution in [2.75, 3.05) is 18.4 Å². The van der Waals surface area contributed by atoms with Gasteiger partial charge in [0.05, 0.1) is 12.1 Å². The van der Waals surface area contributed by atoms with Crippen LogP contribution in [0.4, 0.5) is 10.1 Å². The number of carbonyl (C=O) groups excluding carboxylic acids is 2. The monoisotopic (exact) mass is 481 g/mol. The van der Waals surface area contributed by atoms with E-state index in [-0.39, 0.29) is 29.2 Å². The van der Waals surface area contributed by atoms with Crippen LogP contribution in [-0.4, -0.2) is 39.8 Å². The third kappa shape index (κ3) is 9.31. The van der Waals surface area contributed by atoms with E-state index in [1.54, 1.807) is 12.1 Å². The largest absolute Gasteiger partial charge is 0.508 e. The number of halogens is 1. The predicted molar refractivity (Wildman–Crippen MR) is 123 cm³/mol. The predicted octanol–water partition coefficient (Wildman–Crippen LogP) is 2.81. The number of hydrogen-bond donors (Lipinski definition) is 6. The molecule has 0 aliphatic heterocycles. The lowest BCUT2D eigenvalue weighted by atomic mass is 10.1. The summed E-state index contributed by atoms with van der Waals surface area (Å²) in [7, 11) is -2.78. The van der Waals surface area contributed by atoms with Crippen molar-refractivity contribution in [2.24, 2.45) is 5.73 Å². The summed E-state index contributed by atoms with van der Waals surface area (Å²) >= 11 is 0. The van der Waals surface area contributed by atoms with Crippen LogP contribution in [0.2, 0.25) is 0 Å². The summed E-state index contributed by atoms with van der Waals surface area (Å²) in [5.41, 5.74) is 6.01. The zero-order valence-corrected chi connectivity index (χ0v) is 18.9. The van der Waals surface area contributed by atoms with Gasteiger partial charge in [-0.15, -0.1) is 0 Å². The van der Waals surface area contributed by atoms with E-state index in [0.717, 1.165) is 19.3 Å². The summed E-state index contributed by atoms with van der Waals surface area (Å²) in [6.07, 6.45) is 1.39. The van der Waals surface area contributed by atoms with Crippen molar-refractivity contribution < 1.29 is 33.4 Å². The highest BCUT2D eigenvalue weighted by Crippen LogP contribution is 2.37. The molecule has 2 aromatic carbocycles. The van der Waals surface area contributed by atoms with Crippen LogP contribution in [0, 0.1) is 0 Å². The van der Waals surface area contributed by atoms with Crippen LogP contribution in [0.1, 0.15) is 43.0 Å². The van der Waals surface area contributed by atoms with E-state index in [1.165, 1.54) is 30.3 Å². The first-order valence-corrected chi connectivity index (χ1v) is 11.7. The zero-order chi connectivity index (χ0) is 24.2. The van der Waals surface area contributed by atoms with Crippen LogP contribution in [0.3, 0.4) is 0 Å². The van der Waals surface area contributed by atoms with Crippen LogP contribution < -0.4 is 20.9 Å². The summed E-state index contributed by atoms with van der Waals surface area (Å²) in [4.78, 5) is 43.0. The average Bonchev–Trinajstić information content (AvgIpc) is 2.78. The molecule has 7 N–H and O–H groups in total. The number of nitrogens with one attached hydrogen (secondary N) is 2. The Hall–Kier alpha value is -2.78. The summed E-state index contributed by atoms with van der Waals surface area (Å²) in [6.45, 7) is 0.946. The van der Waals surface area contributed by atoms with Gasteiger partial charge in [-0.1, -0.05) is 31.0 Å². The van der Waals surface area contributed by atoms with Crippen LogP contribution in [0.25, 0.3) is 0 Å². The maximum absolute atomic E-state index is 14.8. The highest BCUT2D eigenvalue weighted by atomic mass is 31.2. The van der Waals surface area contributed by atoms with E-state index in [9.17, 15) is 28.9 Å². The Labute approximate surface area is 192 Å². The minimum absolute atomic E-state index is 0.0101. The molecule has 2 rings (SSSR count). The van der Waals surface area contributed by atoms with E-state index < -0.39 is 26.6 Å². The first kappa shape index (κ1) is 26.5. The van der Waals surface area contributed by atoms with Gasteiger partial charge in [0.1, 0.15) is 5.75 Å². The maximum Gasteiger partial charge on any atom is 0.391 e. The van der Waals surface area contributed by atoms with Gasteiger partial charge in [-0.05, 0) is 54.8 Å². The number of rotatable bonds is 13. The van der Waals surface area contributed by atoms with Crippen molar-refractivity contribution in [3.63, 3.8) is 0 Å². The fourth-order valence-electron chi connectivity index (χ4n) is 3.04. The summed E-state index contributed by atoms with van der Waals surface area (Å²) in [5, 5.41) is 14.4.